The lowest BCUT2D eigenvalue weighted by Gasteiger charge is -2.22. The van der Waals surface area contributed by atoms with Gasteiger partial charge >= 0.3 is 0 Å². The number of ether oxygens (including phenoxy) is 1. The fraction of sp³-hybridized carbons (Fsp3) is 0.571. The molecule has 0 aliphatic carbocycles. The Labute approximate surface area is 115 Å². The van der Waals surface area contributed by atoms with Gasteiger partial charge in [-0.2, -0.15) is 0 Å². The average molecular weight is 271 g/mol. The molecule has 0 fully saturated rings. The predicted molar refractivity (Wildman–Crippen MR) is 77.6 cm³/mol. The molecule has 3 nitrogen and oxygen atoms in total. The number of hydrogen-bond acceptors (Lipinski definition) is 3. The normalized spacial score (nSPS) is 12.8. The molecule has 1 aromatic rings. The summed E-state index contributed by atoms with van der Waals surface area (Å²) < 4.78 is 5.76. The molecule has 4 heteroatoms. The number of nitrogens with two attached hydrogens (primary N) is 1. The Morgan fingerprint density at radius 2 is 1.83 bits per heavy atom. The maximum Gasteiger partial charge on any atom is 0.119 e. The van der Waals surface area contributed by atoms with Crippen LogP contribution in [0.25, 0.3) is 0 Å². The number of likely N-dealkylation sites (N-methyl/N-ethyl adjacent to an activating group) is 1. The average Bonchev–Trinajstić information content (AvgIpc) is 2.31. The second kappa shape index (κ2) is 6.98. The highest BCUT2D eigenvalue weighted by Crippen LogP contribution is 2.25. The first-order valence-electron chi connectivity index (χ1n) is 6.21. The van der Waals surface area contributed by atoms with E-state index in [2.05, 4.69) is 4.90 Å². The van der Waals surface area contributed by atoms with Crippen molar-refractivity contribution in [2.24, 2.45) is 5.73 Å². The second-order valence-electron chi connectivity index (χ2n) is 4.86. The zero-order valence-electron chi connectivity index (χ0n) is 11.7. The van der Waals surface area contributed by atoms with Crippen LogP contribution in [-0.4, -0.2) is 38.2 Å². The summed E-state index contributed by atoms with van der Waals surface area (Å²) in [6, 6.07) is 4.31. The zero-order chi connectivity index (χ0) is 13.7. The van der Waals surface area contributed by atoms with Gasteiger partial charge in [0.1, 0.15) is 5.75 Å². The highest BCUT2D eigenvalue weighted by molar-refractivity contribution is 6.32. The first kappa shape index (κ1) is 15.3. The van der Waals surface area contributed by atoms with Crippen molar-refractivity contribution in [3.8, 4) is 5.75 Å². The van der Waals surface area contributed by atoms with E-state index in [0.29, 0.717) is 19.2 Å². The minimum Gasteiger partial charge on any atom is -0.494 e. The van der Waals surface area contributed by atoms with E-state index in [1.165, 1.54) is 0 Å². The summed E-state index contributed by atoms with van der Waals surface area (Å²) in [6.45, 7) is 5.30. The van der Waals surface area contributed by atoms with Gasteiger partial charge in [0.05, 0.1) is 6.61 Å². The van der Waals surface area contributed by atoms with Crippen molar-refractivity contribution in [2.75, 3.05) is 27.2 Å². The Morgan fingerprint density at radius 1 is 1.28 bits per heavy atom. The van der Waals surface area contributed by atoms with E-state index in [0.717, 1.165) is 28.3 Å². The maximum absolute atomic E-state index is 6.12. The fourth-order valence-electron chi connectivity index (χ4n) is 1.89. The summed E-state index contributed by atoms with van der Waals surface area (Å²) in [7, 11) is 4.07. The first-order chi connectivity index (χ1) is 8.45. The molecule has 0 aromatic heterocycles. The molecule has 0 amide bonds. The summed E-state index contributed by atoms with van der Waals surface area (Å²) in [5.74, 6) is 0.879. The summed E-state index contributed by atoms with van der Waals surface area (Å²) in [5.41, 5.74) is 7.81. The highest BCUT2D eigenvalue weighted by Gasteiger charge is 2.09. The SMILES string of the molecule is Cc1cc(OCCC(CN)N(C)C)cc(C)c1Cl. The molecular formula is C14H23ClN2O. The molecule has 0 spiro atoms. The second-order valence-corrected chi connectivity index (χ2v) is 5.24. The first-order valence-corrected chi connectivity index (χ1v) is 6.59. The van der Waals surface area contributed by atoms with Crippen LogP contribution in [0.3, 0.4) is 0 Å². The van der Waals surface area contributed by atoms with Gasteiger partial charge < -0.3 is 15.4 Å². The number of benzene rings is 1. The third-order valence-corrected chi connectivity index (χ3v) is 3.73. The van der Waals surface area contributed by atoms with Crippen molar-refractivity contribution in [1.29, 1.82) is 0 Å². The number of aryl methyl sites for hydroxylation is 2. The molecule has 0 radical (unpaired) electrons. The van der Waals surface area contributed by atoms with E-state index < -0.39 is 0 Å². The summed E-state index contributed by atoms with van der Waals surface area (Å²) in [6.07, 6.45) is 0.921. The largest absolute Gasteiger partial charge is 0.494 e. The third-order valence-electron chi connectivity index (χ3n) is 3.13. The van der Waals surface area contributed by atoms with Crippen LogP contribution < -0.4 is 10.5 Å². The molecular weight excluding hydrogens is 248 g/mol. The molecule has 102 valence electrons. The molecule has 1 unspecified atom stereocenters. The van der Waals surface area contributed by atoms with Gasteiger partial charge in [0, 0.05) is 17.6 Å². The van der Waals surface area contributed by atoms with Crippen molar-refractivity contribution in [2.45, 2.75) is 26.3 Å². The summed E-state index contributed by atoms with van der Waals surface area (Å²) in [5, 5.41) is 0.815. The number of rotatable bonds is 6. The molecule has 2 N–H and O–H groups in total. The summed E-state index contributed by atoms with van der Waals surface area (Å²) >= 11 is 6.12. The molecule has 0 saturated carbocycles. The molecule has 0 heterocycles. The Morgan fingerprint density at radius 3 is 2.28 bits per heavy atom. The highest BCUT2D eigenvalue weighted by atomic mass is 35.5. The third kappa shape index (κ3) is 4.16. The quantitative estimate of drug-likeness (QED) is 0.864. The molecule has 0 aliphatic heterocycles. The Kier molecular flexibility index (Phi) is 5.93. The van der Waals surface area contributed by atoms with Gasteiger partial charge in [0.15, 0.2) is 0 Å². The van der Waals surface area contributed by atoms with Crippen LogP contribution in [0.2, 0.25) is 5.02 Å². The molecule has 0 aliphatic rings. The van der Waals surface area contributed by atoms with Crippen LogP contribution in [0.4, 0.5) is 0 Å². The topological polar surface area (TPSA) is 38.5 Å². The van der Waals surface area contributed by atoms with E-state index in [1.54, 1.807) is 0 Å². The van der Waals surface area contributed by atoms with Gasteiger partial charge in [-0.15, -0.1) is 0 Å². The van der Waals surface area contributed by atoms with Crippen LogP contribution in [0.5, 0.6) is 5.75 Å². The number of nitrogens with zero attached hydrogens (tertiary/aromatic N) is 1. The van der Waals surface area contributed by atoms with Crippen molar-refractivity contribution >= 4 is 11.6 Å². The molecule has 1 rings (SSSR count). The lowest BCUT2D eigenvalue weighted by atomic mass is 10.1. The fourth-order valence-corrected chi connectivity index (χ4v) is 2.00. The lowest BCUT2D eigenvalue weighted by Crippen LogP contribution is -2.36. The summed E-state index contributed by atoms with van der Waals surface area (Å²) in [4.78, 5) is 2.13. The Balaban J connectivity index is 2.54. The van der Waals surface area contributed by atoms with Gasteiger partial charge in [-0.1, -0.05) is 11.6 Å². The number of hydrogen-bond donors (Lipinski definition) is 1. The van der Waals surface area contributed by atoms with Gasteiger partial charge in [0.2, 0.25) is 0 Å². The van der Waals surface area contributed by atoms with E-state index in [9.17, 15) is 0 Å². The van der Waals surface area contributed by atoms with Crippen LogP contribution in [0.15, 0.2) is 12.1 Å². The lowest BCUT2D eigenvalue weighted by molar-refractivity contribution is 0.225. The molecule has 18 heavy (non-hydrogen) atoms. The Bertz CT molecular complexity index is 370. The van der Waals surface area contributed by atoms with Crippen LogP contribution in [0, 0.1) is 13.8 Å². The van der Waals surface area contributed by atoms with Gasteiger partial charge in [-0.3, -0.25) is 0 Å². The Hall–Kier alpha value is -0.770. The molecule has 0 bridgehead atoms. The van der Waals surface area contributed by atoms with E-state index in [-0.39, 0.29) is 0 Å². The molecule has 0 saturated heterocycles. The van der Waals surface area contributed by atoms with Crippen molar-refractivity contribution in [3.63, 3.8) is 0 Å². The van der Waals surface area contributed by atoms with Crippen LogP contribution >= 0.6 is 11.6 Å². The standard InChI is InChI=1S/C14H23ClN2O/c1-10-7-13(8-11(2)14(10)15)18-6-5-12(9-16)17(3)4/h7-8,12H,5-6,9,16H2,1-4H3. The van der Waals surface area contributed by atoms with E-state index in [4.69, 9.17) is 22.1 Å². The van der Waals surface area contributed by atoms with Gasteiger partial charge in [0.25, 0.3) is 0 Å². The number of halogens is 1. The monoisotopic (exact) mass is 270 g/mol. The minimum atomic E-state index is 0.361. The minimum absolute atomic E-state index is 0.361. The maximum atomic E-state index is 6.12. The van der Waals surface area contributed by atoms with Gasteiger partial charge in [-0.25, -0.2) is 0 Å². The van der Waals surface area contributed by atoms with E-state index >= 15 is 0 Å². The van der Waals surface area contributed by atoms with E-state index in [1.807, 2.05) is 40.1 Å². The van der Waals surface area contributed by atoms with Crippen LogP contribution in [-0.2, 0) is 0 Å². The molecule has 1 aromatic carbocycles. The van der Waals surface area contributed by atoms with Crippen molar-refractivity contribution in [3.05, 3.63) is 28.3 Å². The molecule has 1 atom stereocenters. The smallest absolute Gasteiger partial charge is 0.119 e. The van der Waals surface area contributed by atoms with Crippen molar-refractivity contribution in [1.82, 2.24) is 4.90 Å². The van der Waals surface area contributed by atoms with Crippen LogP contribution in [0.1, 0.15) is 17.5 Å². The zero-order valence-corrected chi connectivity index (χ0v) is 12.4. The predicted octanol–water partition coefficient (Wildman–Crippen LogP) is 2.61. The van der Waals surface area contributed by atoms with Crippen molar-refractivity contribution < 1.29 is 4.74 Å². The van der Waals surface area contributed by atoms with Gasteiger partial charge in [-0.05, 0) is 57.6 Å².